The van der Waals surface area contributed by atoms with E-state index in [1.165, 1.54) is 0 Å². The number of hydrogen-bond donors (Lipinski definition) is 8. The van der Waals surface area contributed by atoms with Gasteiger partial charge in [-0.3, -0.25) is 0 Å². The first-order valence-corrected chi connectivity index (χ1v) is 6.52. The third-order valence-corrected chi connectivity index (χ3v) is 5.15. The van der Waals surface area contributed by atoms with Gasteiger partial charge in [0, 0.05) is 0 Å². The summed E-state index contributed by atoms with van der Waals surface area (Å²) >= 11 is 0. The molecule has 21 heavy (non-hydrogen) atoms. The van der Waals surface area contributed by atoms with E-state index in [1.54, 1.807) is 0 Å². The van der Waals surface area contributed by atoms with Crippen molar-refractivity contribution < 1.29 is 45.6 Å². The minimum Gasteiger partial charge on any atom is -0.396 e. The molecule has 126 valence electrons. The van der Waals surface area contributed by atoms with Crippen molar-refractivity contribution in [1.29, 1.82) is 0 Å². The highest BCUT2D eigenvalue weighted by Crippen LogP contribution is 2.62. The molecule has 0 unspecified atom stereocenters. The molecule has 0 spiro atoms. The lowest BCUT2D eigenvalue weighted by molar-refractivity contribution is -0.204. The van der Waals surface area contributed by atoms with Crippen molar-refractivity contribution in [2.75, 3.05) is 52.9 Å². The fourth-order valence-corrected chi connectivity index (χ4v) is 3.56. The van der Waals surface area contributed by atoms with Gasteiger partial charge < -0.3 is 45.6 Å². The van der Waals surface area contributed by atoms with Gasteiger partial charge in [0.1, 0.15) is 11.2 Å². The van der Waals surface area contributed by atoms with Crippen LogP contribution in [0.5, 0.6) is 0 Å². The average Bonchev–Trinajstić information content (AvgIpc) is 2.78. The Labute approximate surface area is 121 Å². The van der Waals surface area contributed by atoms with Crippen LogP contribution in [-0.2, 0) is 4.74 Å². The Kier molecular flexibility index (Phi) is 5.70. The van der Waals surface area contributed by atoms with Crippen molar-refractivity contribution in [2.24, 2.45) is 10.8 Å². The van der Waals surface area contributed by atoms with E-state index in [9.17, 15) is 40.9 Å². The minimum atomic E-state index is -1.96. The molecule has 0 aliphatic carbocycles. The first kappa shape index (κ1) is 18.7. The minimum absolute atomic E-state index is 0.867. The van der Waals surface area contributed by atoms with Crippen LogP contribution in [0.4, 0.5) is 0 Å². The van der Waals surface area contributed by atoms with Crippen LogP contribution in [-0.4, -0.2) is 105 Å². The summed E-state index contributed by atoms with van der Waals surface area (Å²) in [6.45, 7) is -6.94. The lowest BCUT2D eigenvalue weighted by Gasteiger charge is -2.50. The predicted octanol–water partition coefficient (Wildman–Crippen LogP) is -4.59. The number of hydrogen-bond acceptors (Lipinski definition) is 9. The summed E-state index contributed by atoms with van der Waals surface area (Å²) in [5, 5.41) is 77.7. The number of aliphatic hydroxyl groups excluding tert-OH is 8. The van der Waals surface area contributed by atoms with Crippen molar-refractivity contribution >= 4 is 0 Å². The van der Waals surface area contributed by atoms with Gasteiger partial charge in [0.05, 0.1) is 63.7 Å². The average molecular weight is 312 g/mol. The summed E-state index contributed by atoms with van der Waals surface area (Å²) in [6.07, 6.45) is 0. The number of rotatable bonds is 8. The van der Waals surface area contributed by atoms with Gasteiger partial charge in [-0.25, -0.2) is 0 Å². The Morgan fingerprint density at radius 2 is 0.667 bits per heavy atom. The second-order valence-corrected chi connectivity index (χ2v) is 5.52. The zero-order valence-electron chi connectivity index (χ0n) is 11.6. The van der Waals surface area contributed by atoms with E-state index < -0.39 is 74.9 Å². The third kappa shape index (κ3) is 1.90. The molecule has 0 aromatic heterocycles. The summed E-state index contributed by atoms with van der Waals surface area (Å²) in [7, 11) is 0. The van der Waals surface area contributed by atoms with E-state index in [0.717, 1.165) is 0 Å². The molecule has 0 aromatic carbocycles. The molecule has 1 aliphatic rings. The van der Waals surface area contributed by atoms with Crippen LogP contribution < -0.4 is 0 Å². The van der Waals surface area contributed by atoms with Crippen LogP contribution in [0.1, 0.15) is 0 Å². The van der Waals surface area contributed by atoms with E-state index in [2.05, 4.69) is 0 Å². The maximum absolute atomic E-state index is 9.79. The fraction of sp³-hybridized carbons (Fsp3) is 1.00. The maximum Gasteiger partial charge on any atom is 0.126 e. The molecule has 0 atom stereocenters. The molecule has 0 radical (unpaired) electrons. The van der Waals surface area contributed by atoms with Gasteiger partial charge in [0.15, 0.2) is 0 Å². The quantitative estimate of drug-likeness (QED) is 0.219. The molecule has 1 rings (SSSR count). The fourth-order valence-electron chi connectivity index (χ4n) is 3.56. The van der Waals surface area contributed by atoms with Gasteiger partial charge in [-0.2, -0.15) is 0 Å². The molecular formula is C12H24O9. The Hall–Kier alpha value is -0.360. The van der Waals surface area contributed by atoms with Crippen molar-refractivity contribution in [3.05, 3.63) is 0 Å². The molecular weight excluding hydrogens is 288 g/mol. The molecule has 0 saturated carbocycles. The first-order valence-electron chi connectivity index (χ1n) is 6.52. The molecule has 0 aromatic rings. The van der Waals surface area contributed by atoms with Crippen LogP contribution >= 0.6 is 0 Å². The largest absolute Gasteiger partial charge is 0.396 e. The highest BCUT2D eigenvalue weighted by Gasteiger charge is 2.77. The number of aliphatic hydroxyl groups is 8. The molecule has 1 heterocycles. The van der Waals surface area contributed by atoms with E-state index in [1.807, 2.05) is 0 Å². The van der Waals surface area contributed by atoms with Crippen LogP contribution in [0.3, 0.4) is 0 Å². The summed E-state index contributed by atoms with van der Waals surface area (Å²) in [6, 6.07) is 0. The van der Waals surface area contributed by atoms with Crippen molar-refractivity contribution in [3.8, 4) is 0 Å². The normalized spacial score (nSPS) is 25.1. The lowest BCUT2D eigenvalue weighted by atomic mass is 9.53. The SMILES string of the molecule is OCC1(CO)OC(CO)(CO)C(CO)(CO)C1(CO)CO. The van der Waals surface area contributed by atoms with E-state index in [0.29, 0.717) is 0 Å². The maximum atomic E-state index is 9.79. The highest BCUT2D eigenvalue weighted by atomic mass is 16.6. The predicted molar refractivity (Wildman–Crippen MR) is 68.1 cm³/mol. The van der Waals surface area contributed by atoms with Gasteiger partial charge >= 0.3 is 0 Å². The molecule has 9 nitrogen and oxygen atoms in total. The van der Waals surface area contributed by atoms with Crippen LogP contribution in [0, 0.1) is 10.8 Å². The second kappa shape index (κ2) is 6.41. The van der Waals surface area contributed by atoms with Crippen molar-refractivity contribution in [3.63, 3.8) is 0 Å². The molecule has 1 fully saturated rings. The van der Waals surface area contributed by atoms with Crippen molar-refractivity contribution in [2.45, 2.75) is 11.2 Å². The second-order valence-electron chi connectivity index (χ2n) is 5.52. The third-order valence-electron chi connectivity index (χ3n) is 5.15. The van der Waals surface area contributed by atoms with Crippen molar-refractivity contribution in [1.82, 2.24) is 0 Å². The zero-order valence-corrected chi connectivity index (χ0v) is 11.6. The molecule has 0 bridgehead atoms. The Morgan fingerprint density at radius 1 is 0.429 bits per heavy atom. The molecule has 9 heteroatoms. The van der Waals surface area contributed by atoms with Gasteiger partial charge in [0.25, 0.3) is 0 Å². The smallest absolute Gasteiger partial charge is 0.126 e. The highest BCUT2D eigenvalue weighted by molar-refractivity contribution is 5.23. The summed E-state index contributed by atoms with van der Waals surface area (Å²) < 4.78 is 5.49. The Balaban J connectivity index is 3.71. The van der Waals surface area contributed by atoms with Gasteiger partial charge in [-0.1, -0.05) is 0 Å². The zero-order chi connectivity index (χ0) is 16.4. The molecule has 1 saturated heterocycles. The summed E-state index contributed by atoms with van der Waals surface area (Å²) in [4.78, 5) is 0. The molecule has 1 aliphatic heterocycles. The Morgan fingerprint density at radius 3 is 0.810 bits per heavy atom. The van der Waals surface area contributed by atoms with E-state index >= 15 is 0 Å². The molecule has 0 amide bonds. The summed E-state index contributed by atoms with van der Waals surface area (Å²) in [5.74, 6) is 0. The van der Waals surface area contributed by atoms with Crippen LogP contribution in [0.25, 0.3) is 0 Å². The lowest BCUT2D eigenvalue weighted by Crippen LogP contribution is -2.66. The van der Waals surface area contributed by atoms with Gasteiger partial charge in [-0.05, 0) is 0 Å². The van der Waals surface area contributed by atoms with Gasteiger partial charge in [0.2, 0.25) is 0 Å². The topological polar surface area (TPSA) is 171 Å². The van der Waals surface area contributed by atoms with Crippen LogP contribution in [0.15, 0.2) is 0 Å². The standard InChI is InChI=1S/C12H24O9/c13-1-9(2-14)10(3-15,4-16)12(7-19,8-20)21-11(9,5-17)6-18/h13-20H,1-8H2. The Bertz CT molecular complexity index is 298. The molecule has 8 N–H and O–H groups in total. The van der Waals surface area contributed by atoms with Crippen LogP contribution in [0.2, 0.25) is 0 Å². The van der Waals surface area contributed by atoms with Gasteiger partial charge in [-0.15, -0.1) is 0 Å². The van der Waals surface area contributed by atoms with E-state index in [4.69, 9.17) is 4.74 Å². The first-order chi connectivity index (χ1) is 9.94. The monoisotopic (exact) mass is 312 g/mol. The van der Waals surface area contributed by atoms with E-state index in [-0.39, 0.29) is 0 Å². The summed E-state index contributed by atoms with van der Waals surface area (Å²) in [5.41, 5.74) is -7.71. The number of ether oxygens (including phenoxy) is 1.